The van der Waals surface area contributed by atoms with Gasteiger partial charge in [-0.2, -0.15) is 0 Å². The molecule has 1 aliphatic heterocycles. The standard InChI is InChI=1S/C18H27NO/c1-19-18-15(11-12-16-9-5-13-20-16)8-4-7-14-6-2-3-10-17(14)18/h2-3,6,10,15-16,18-19H,4-5,7-9,11-13H2,1H3. The molecular weight excluding hydrogens is 246 g/mol. The van der Waals surface area contributed by atoms with Crippen LogP contribution in [-0.2, 0) is 11.2 Å². The summed E-state index contributed by atoms with van der Waals surface area (Å²) in [7, 11) is 2.12. The lowest BCUT2D eigenvalue weighted by atomic mass is 9.86. The lowest BCUT2D eigenvalue weighted by Crippen LogP contribution is -2.26. The van der Waals surface area contributed by atoms with Gasteiger partial charge in [-0.05, 0) is 69.0 Å². The van der Waals surface area contributed by atoms with Gasteiger partial charge >= 0.3 is 0 Å². The molecular formula is C18H27NO. The van der Waals surface area contributed by atoms with Crippen LogP contribution in [0.5, 0.6) is 0 Å². The van der Waals surface area contributed by atoms with Gasteiger partial charge in [0.05, 0.1) is 6.10 Å². The fraction of sp³-hybridized carbons (Fsp3) is 0.667. The van der Waals surface area contributed by atoms with Crippen molar-refractivity contribution in [2.24, 2.45) is 5.92 Å². The molecule has 20 heavy (non-hydrogen) atoms. The van der Waals surface area contributed by atoms with E-state index in [0.717, 1.165) is 12.5 Å². The predicted molar refractivity (Wildman–Crippen MR) is 82.9 cm³/mol. The number of hydrogen-bond donors (Lipinski definition) is 1. The van der Waals surface area contributed by atoms with Gasteiger partial charge < -0.3 is 10.1 Å². The molecule has 1 aromatic carbocycles. The Morgan fingerprint density at radius 2 is 2.05 bits per heavy atom. The molecule has 110 valence electrons. The van der Waals surface area contributed by atoms with E-state index < -0.39 is 0 Å². The number of hydrogen-bond acceptors (Lipinski definition) is 2. The molecule has 0 aromatic heterocycles. The molecule has 3 rings (SSSR count). The fourth-order valence-corrected chi connectivity index (χ4v) is 4.01. The number of ether oxygens (including phenoxy) is 1. The highest BCUT2D eigenvalue weighted by Crippen LogP contribution is 2.36. The zero-order chi connectivity index (χ0) is 13.8. The zero-order valence-corrected chi connectivity index (χ0v) is 12.6. The van der Waals surface area contributed by atoms with Crippen molar-refractivity contribution in [2.75, 3.05) is 13.7 Å². The van der Waals surface area contributed by atoms with Crippen LogP contribution in [0.2, 0.25) is 0 Å². The Balaban J connectivity index is 1.70. The monoisotopic (exact) mass is 273 g/mol. The van der Waals surface area contributed by atoms with Crippen LogP contribution in [0.25, 0.3) is 0 Å². The molecule has 0 saturated carbocycles. The maximum absolute atomic E-state index is 5.79. The minimum Gasteiger partial charge on any atom is -0.378 e. The summed E-state index contributed by atoms with van der Waals surface area (Å²) < 4.78 is 5.79. The summed E-state index contributed by atoms with van der Waals surface area (Å²) in [5, 5.41) is 3.58. The molecule has 2 heteroatoms. The normalized spacial score (nSPS) is 29.9. The van der Waals surface area contributed by atoms with Gasteiger partial charge in [0.25, 0.3) is 0 Å². The topological polar surface area (TPSA) is 21.3 Å². The van der Waals surface area contributed by atoms with E-state index in [1.54, 1.807) is 5.56 Å². The number of rotatable bonds is 4. The van der Waals surface area contributed by atoms with Crippen molar-refractivity contribution >= 4 is 0 Å². The second-order valence-corrected chi connectivity index (χ2v) is 6.33. The number of fused-ring (bicyclic) bond motifs is 1. The highest BCUT2D eigenvalue weighted by atomic mass is 16.5. The molecule has 0 radical (unpaired) electrons. The molecule has 0 spiro atoms. The van der Waals surface area contributed by atoms with E-state index in [9.17, 15) is 0 Å². The summed E-state index contributed by atoms with van der Waals surface area (Å²) in [4.78, 5) is 0. The highest BCUT2D eigenvalue weighted by molar-refractivity contribution is 5.31. The number of nitrogens with one attached hydrogen (secondary N) is 1. The van der Waals surface area contributed by atoms with Gasteiger partial charge in [-0.25, -0.2) is 0 Å². The minimum atomic E-state index is 0.523. The van der Waals surface area contributed by atoms with Crippen LogP contribution in [0.15, 0.2) is 24.3 Å². The summed E-state index contributed by atoms with van der Waals surface area (Å²) in [5.74, 6) is 0.757. The van der Waals surface area contributed by atoms with Crippen molar-refractivity contribution in [1.82, 2.24) is 5.32 Å². The fourth-order valence-electron chi connectivity index (χ4n) is 4.01. The van der Waals surface area contributed by atoms with E-state index in [0.29, 0.717) is 12.1 Å². The van der Waals surface area contributed by atoms with Gasteiger partial charge in [-0.3, -0.25) is 0 Å². The van der Waals surface area contributed by atoms with Gasteiger partial charge in [0.2, 0.25) is 0 Å². The van der Waals surface area contributed by atoms with Crippen LogP contribution in [0.3, 0.4) is 0 Å². The van der Waals surface area contributed by atoms with Gasteiger partial charge in [0.1, 0.15) is 0 Å². The molecule has 1 fully saturated rings. The lowest BCUT2D eigenvalue weighted by Gasteiger charge is -2.27. The molecule has 3 atom stereocenters. The van der Waals surface area contributed by atoms with E-state index in [-0.39, 0.29) is 0 Å². The van der Waals surface area contributed by atoms with Crippen molar-refractivity contribution in [1.29, 1.82) is 0 Å². The number of aryl methyl sites for hydroxylation is 1. The second-order valence-electron chi connectivity index (χ2n) is 6.33. The first-order chi connectivity index (χ1) is 9.88. The Bertz CT molecular complexity index is 425. The average Bonchev–Trinajstić information content (AvgIpc) is 2.93. The Kier molecular flexibility index (Phi) is 4.74. The van der Waals surface area contributed by atoms with Gasteiger partial charge in [-0.1, -0.05) is 24.3 Å². The van der Waals surface area contributed by atoms with Gasteiger partial charge in [0.15, 0.2) is 0 Å². The molecule has 1 N–H and O–H groups in total. The maximum Gasteiger partial charge on any atom is 0.0576 e. The molecule has 2 nitrogen and oxygen atoms in total. The van der Waals surface area contributed by atoms with E-state index in [4.69, 9.17) is 4.74 Å². The predicted octanol–water partition coefficient (Wildman–Crippen LogP) is 3.86. The third-order valence-corrected chi connectivity index (χ3v) is 5.08. The summed E-state index contributed by atoms with van der Waals surface area (Å²) in [6, 6.07) is 9.52. The van der Waals surface area contributed by atoms with Crippen LogP contribution in [0, 0.1) is 5.92 Å². The average molecular weight is 273 g/mol. The SMILES string of the molecule is CNC1c2ccccc2CCCC1CCC1CCCO1. The van der Waals surface area contributed by atoms with Crippen molar-refractivity contribution in [3.63, 3.8) is 0 Å². The number of benzene rings is 1. The highest BCUT2D eigenvalue weighted by Gasteiger charge is 2.27. The molecule has 1 heterocycles. The molecule has 1 aliphatic carbocycles. The zero-order valence-electron chi connectivity index (χ0n) is 12.6. The minimum absolute atomic E-state index is 0.523. The van der Waals surface area contributed by atoms with E-state index in [1.165, 1.54) is 50.5 Å². The second kappa shape index (κ2) is 6.73. The largest absolute Gasteiger partial charge is 0.378 e. The van der Waals surface area contributed by atoms with Crippen molar-refractivity contribution in [3.05, 3.63) is 35.4 Å². The summed E-state index contributed by atoms with van der Waals surface area (Å²) in [6.45, 7) is 0.980. The molecule has 0 bridgehead atoms. The quantitative estimate of drug-likeness (QED) is 0.841. The third kappa shape index (κ3) is 3.07. The molecule has 3 unspecified atom stereocenters. The van der Waals surface area contributed by atoms with Crippen LogP contribution >= 0.6 is 0 Å². The first-order valence-electron chi connectivity index (χ1n) is 8.25. The van der Waals surface area contributed by atoms with E-state index >= 15 is 0 Å². The van der Waals surface area contributed by atoms with Crippen LogP contribution < -0.4 is 5.32 Å². The molecule has 0 amide bonds. The maximum atomic E-state index is 5.79. The third-order valence-electron chi connectivity index (χ3n) is 5.08. The van der Waals surface area contributed by atoms with E-state index in [1.807, 2.05) is 0 Å². The molecule has 1 aromatic rings. The van der Waals surface area contributed by atoms with Crippen LogP contribution in [0.4, 0.5) is 0 Å². The van der Waals surface area contributed by atoms with Crippen molar-refractivity contribution in [3.8, 4) is 0 Å². The van der Waals surface area contributed by atoms with Crippen LogP contribution in [-0.4, -0.2) is 19.8 Å². The Labute approximate surface area is 122 Å². The van der Waals surface area contributed by atoms with Crippen molar-refractivity contribution in [2.45, 2.75) is 57.1 Å². The first kappa shape index (κ1) is 14.1. The Morgan fingerprint density at radius 3 is 2.85 bits per heavy atom. The van der Waals surface area contributed by atoms with Crippen molar-refractivity contribution < 1.29 is 4.74 Å². The molecule has 1 saturated heterocycles. The first-order valence-corrected chi connectivity index (χ1v) is 8.25. The summed E-state index contributed by atoms with van der Waals surface area (Å²) >= 11 is 0. The summed E-state index contributed by atoms with van der Waals surface area (Å²) in [5.41, 5.74) is 3.08. The Morgan fingerprint density at radius 1 is 1.15 bits per heavy atom. The van der Waals surface area contributed by atoms with Crippen LogP contribution in [0.1, 0.15) is 55.7 Å². The van der Waals surface area contributed by atoms with E-state index in [2.05, 4.69) is 36.6 Å². The molecule has 2 aliphatic rings. The Hall–Kier alpha value is -0.860. The smallest absolute Gasteiger partial charge is 0.0576 e. The lowest BCUT2D eigenvalue weighted by molar-refractivity contribution is 0.0953. The summed E-state index contributed by atoms with van der Waals surface area (Å²) in [6.07, 6.45) is 9.51. The van der Waals surface area contributed by atoms with Gasteiger partial charge in [-0.15, -0.1) is 0 Å². The van der Waals surface area contributed by atoms with Gasteiger partial charge in [0, 0.05) is 12.6 Å².